The lowest BCUT2D eigenvalue weighted by molar-refractivity contribution is -0.128. The lowest BCUT2D eigenvalue weighted by Gasteiger charge is -2.17. The Labute approximate surface area is 128 Å². The first-order valence-corrected chi connectivity index (χ1v) is 7.42. The third kappa shape index (κ3) is 5.74. The molecule has 1 rings (SSSR count). The topological polar surface area (TPSA) is 58.2 Å². The van der Waals surface area contributed by atoms with Crippen molar-refractivity contribution < 1.29 is 9.59 Å². The van der Waals surface area contributed by atoms with Crippen LogP contribution < -0.4 is 10.6 Å². The molecule has 0 bridgehead atoms. The Morgan fingerprint density at radius 3 is 2.15 bits per heavy atom. The van der Waals surface area contributed by atoms with Crippen LogP contribution in [0, 0.1) is 5.41 Å². The van der Waals surface area contributed by atoms with Crippen LogP contribution in [0.3, 0.4) is 0 Å². The van der Waals surface area contributed by atoms with E-state index in [-0.39, 0.29) is 17.2 Å². The van der Waals surface area contributed by atoms with E-state index in [1.54, 1.807) is 12.1 Å². The van der Waals surface area contributed by atoms with Crippen LogP contribution in [0.5, 0.6) is 0 Å². The van der Waals surface area contributed by atoms with Crippen molar-refractivity contribution in [1.29, 1.82) is 0 Å². The zero-order valence-corrected chi connectivity index (χ0v) is 13.7. The van der Waals surface area contributed by atoms with E-state index in [2.05, 4.69) is 26.6 Å². The summed E-state index contributed by atoms with van der Waals surface area (Å²) < 4.78 is 0.943. The summed E-state index contributed by atoms with van der Waals surface area (Å²) in [7, 11) is 0. The van der Waals surface area contributed by atoms with Gasteiger partial charge in [-0.2, -0.15) is 0 Å². The number of rotatable bonds is 5. The normalized spacial score (nSPS) is 11.0. The molecule has 0 aliphatic rings. The van der Waals surface area contributed by atoms with Gasteiger partial charge in [0.1, 0.15) is 0 Å². The summed E-state index contributed by atoms with van der Waals surface area (Å²) in [5, 5.41) is 5.67. The van der Waals surface area contributed by atoms with Gasteiger partial charge in [0.05, 0.1) is 0 Å². The van der Waals surface area contributed by atoms with Crippen LogP contribution in [-0.2, 0) is 4.79 Å². The Kier molecular flexibility index (Phi) is 6.20. The van der Waals surface area contributed by atoms with Gasteiger partial charge in [0.25, 0.3) is 5.91 Å². The van der Waals surface area contributed by atoms with Crippen LogP contribution in [0.1, 0.15) is 37.6 Å². The average molecular weight is 341 g/mol. The lowest BCUT2D eigenvalue weighted by atomic mass is 9.96. The summed E-state index contributed by atoms with van der Waals surface area (Å²) in [4.78, 5) is 23.4. The van der Waals surface area contributed by atoms with Crippen LogP contribution in [0.2, 0.25) is 0 Å². The Balaban J connectivity index is 2.23. The predicted octanol–water partition coefficient (Wildman–Crippen LogP) is 2.73. The second-order valence-electron chi connectivity index (χ2n) is 5.62. The quantitative estimate of drug-likeness (QED) is 0.809. The molecular formula is C15H21BrN2O2. The molecule has 0 aromatic heterocycles. The fourth-order valence-electron chi connectivity index (χ4n) is 1.46. The highest BCUT2D eigenvalue weighted by Crippen LogP contribution is 2.12. The number of carbonyl (C=O) groups excluding carboxylic acids is 2. The molecule has 1 aromatic carbocycles. The van der Waals surface area contributed by atoms with E-state index in [9.17, 15) is 9.59 Å². The summed E-state index contributed by atoms with van der Waals surface area (Å²) >= 11 is 3.33. The smallest absolute Gasteiger partial charge is 0.251 e. The minimum atomic E-state index is -0.374. The Morgan fingerprint density at radius 1 is 1.05 bits per heavy atom. The fourth-order valence-corrected chi connectivity index (χ4v) is 1.73. The minimum absolute atomic E-state index is 0.0248. The number of nitrogens with one attached hydrogen (secondary N) is 2. The second kappa shape index (κ2) is 7.43. The minimum Gasteiger partial charge on any atom is -0.356 e. The average Bonchev–Trinajstić information content (AvgIpc) is 2.37. The van der Waals surface area contributed by atoms with Gasteiger partial charge in [0, 0.05) is 28.5 Å². The maximum atomic E-state index is 11.8. The molecule has 0 radical (unpaired) electrons. The van der Waals surface area contributed by atoms with Gasteiger partial charge in [-0.05, 0) is 30.7 Å². The molecule has 20 heavy (non-hydrogen) atoms. The molecule has 110 valence electrons. The van der Waals surface area contributed by atoms with E-state index < -0.39 is 0 Å². The number of halogens is 1. The Hall–Kier alpha value is -1.36. The van der Waals surface area contributed by atoms with Gasteiger partial charge < -0.3 is 10.6 Å². The molecule has 5 heteroatoms. The molecule has 0 saturated heterocycles. The first-order chi connectivity index (χ1) is 9.30. The molecule has 0 spiro atoms. The number of hydrogen-bond donors (Lipinski definition) is 2. The molecule has 0 atom stereocenters. The molecule has 2 N–H and O–H groups in total. The highest BCUT2D eigenvalue weighted by atomic mass is 79.9. The third-order valence-electron chi connectivity index (χ3n) is 2.71. The zero-order valence-electron chi connectivity index (χ0n) is 12.1. The standard InChI is InChI=1S/C15H21BrN2O2/c1-15(2,3)14(20)18-10-4-9-17-13(19)11-5-7-12(16)8-6-11/h5-8H,4,9-10H2,1-3H3,(H,17,19)(H,18,20). The van der Waals surface area contributed by atoms with Gasteiger partial charge in [-0.1, -0.05) is 36.7 Å². The molecule has 0 heterocycles. The third-order valence-corrected chi connectivity index (χ3v) is 3.24. The SMILES string of the molecule is CC(C)(C)C(=O)NCCCNC(=O)c1ccc(Br)cc1. The van der Waals surface area contributed by atoms with Crippen molar-refractivity contribution in [2.75, 3.05) is 13.1 Å². The van der Waals surface area contributed by atoms with Crippen molar-refractivity contribution >= 4 is 27.7 Å². The summed E-state index contributed by atoms with van der Waals surface area (Å²) in [6.45, 7) is 6.73. The molecular weight excluding hydrogens is 320 g/mol. The summed E-state index contributed by atoms with van der Waals surface area (Å²) in [6.07, 6.45) is 0.712. The molecule has 4 nitrogen and oxygen atoms in total. The number of carbonyl (C=O) groups is 2. The number of hydrogen-bond acceptors (Lipinski definition) is 2. The van der Waals surface area contributed by atoms with Gasteiger partial charge in [-0.3, -0.25) is 9.59 Å². The van der Waals surface area contributed by atoms with Crippen molar-refractivity contribution in [3.05, 3.63) is 34.3 Å². The van der Waals surface area contributed by atoms with Crippen LogP contribution >= 0.6 is 15.9 Å². The summed E-state index contributed by atoms with van der Waals surface area (Å²) in [5.74, 6) is -0.0728. The first kappa shape index (κ1) is 16.7. The summed E-state index contributed by atoms with van der Waals surface area (Å²) in [5.41, 5.74) is 0.257. The van der Waals surface area contributed by atoms with Crippen molar-refractivity contribution in [3.8, 4) is 0 Å². The Bertz CT molecular complexity index is 464. The molecule has 2 amide bonds. The van der Waals surface area contributed by atoms with E-state index in [0.29, 0.717) is 25.1 Å². The van der Waals surface area contributed by atoms with Crippen LogP contribution in [-0.4, -0.2) is 24.9 Å². The highest BCUT2D eigenvalue weighted by molar-refractivity contribution is 9.10. The molecule has 0 saturated carbocycles. The zero-order chi connectivity index (χ0) is 15.2. The fraction of sp³-hybridized carbons (Fsp3) is 0.467. The van der Waals surface area contributed by atoms with E-state index in [4.69, 9.17) is 0 Å². The van der Waals surface area contributed by atoms with Gasteiger partial charge in [-0.15, -0.1) is 0 Å². The predicted molar refractivity (Wildman–Crippen MR) is 83.6 cm³/mol. The van der Waals surface area contributed by atoms with Crippen LogP contribution in [0.25, 0.3) is 0 Å². The van der Waals surface area contributed by atoms with Crippen molar-refractivity contribution in [3.63, 3.8) is 0 Å². The largest absolute Gasteiger partial charge is 0.356 e. The number of amides is 2. The van der Waals surface area contributed by atoms with Crippen LogP contribution in [0.15, 0.2) is 28.7 Å². The maximum absolute atomic E-state index is 11.8. The molecule has 0 aliphatic carbocycles. The maximum Gasteiger partial charge on any atom is 0.251 e. The van der Waals surface area contributed by atoms with Crippen molar-refractivity contribution in [2.24, 2.45) is 5.41 Å². The second-order valence-corrected chi connectivity index (χ2v) is 6.54. The van der Waals surface area contributed by atoms with Gasteiger partial charge >= 0.3 is 0 Å². The molecule has 0 fully saturated rings. The van der Waals surface area contributed by atoms with Gasteiger partial charge in [0.15, 0.2) is 0 Å². The Morgan fingerprint density at radius 2 is 1.60 bits per heavy atom. The van der Waals surface area contributed by atoms with E-state index in [1.165, 1.54) is 0 Å². The van der Waals surface area contributed by atoms with Gasteiger partial charge in [0.2, 0.25) is 5.91 Å². The van der Waals surface area contributed by atoms with Crippen molar-refractivity contribution in [2.45, 2.75) is 27.2 Å². The number of benzene rings is 1. The molecule has 1 aromatic rings. The van der Waals surface area contributed by atoms with E-state index >= 15 is 0 Å². The lowest BCUT2D eigenvalue weighted by Crippen LogP contribution is -2.36. The van der Waals surface area contributed by atoms with E-state index in [0.717, 1.165) is 4.47 Å². The van der Waals surface area contributed by atoms with Crippen LogP contribution in [0.4, 0.5) is 0 Å². The van der Waals surface area contributed by atoms with Gasteiger partial charge in [-0.25, -0.2) is 0 Å². The summed E-state index contributed by atoms with van der Waals surface area (Å²) in [6, 6.07) is 7.19. The van der Waals surface area contributed by atoms with Crippen molar-refractivity contribution in [1.82, 2.24) is 10.6 Å². The molecule has 0 unspecified atom stereocenters. The van der Waals surface area contributed by atoms with E-state index in [1.807, 2.05) is 32.9 Å². The molecule has 0 aliphatic heterocycles. The first-order valence-electron chi connectivity index (χ1n) is 6.63. The monoisotopic (exact) mass is 340 g/mol. The highest BCUT2D eigenvalue weighted by Gasteiger charge is 2.20.